The third-order valence-electron chi connectivity index (χ3n) is 2.50. The van der Waals surface area contributed by atoms with Crippen molar-refractivity contribution < 1.29 is 9.90 Å². The fraction of sp³-hybridized carbons (Fsp3) is 0.273. The van der Waals surface area contributed by atoms with E-state index in [1.807, 2.05) is 13.0 Å². The number of aryl methyl sites for hydroxylation is 2. The van der Waals surface area contributed by atoms with E-state index >= 15 is 0 Å². The monoisotopic (exact) mass is 266 g/mol. The zero-order valence-electron chi connectivity index (χ0n) is 9.67. The number of nitrogens with zero attached hydrogens (tertiary/aromatic N) is 4. The van der Waals surface area contributed by atoms with Gasteiger partial charge in [-0.25, -0.2) is 0 Å². The number of aromatic nitrogens is 4. The second kappa shape index (κ2) is 5.14. The summed E-state index contributed by atoms with van der Waals surface area (Å²) in [5.41, 5.74) is 1.72. The van der Waals surface area contributed by atoms with Gasteiger partial charge in [-0.3, -0.25) is 4.79 Å². The van der Waals surface area contributed by atoms with Crippen LogP contribution in [0.4, 0.5) is 0 Å². The molecule has 0 aliphatic heterocycles. The molecule has 0 unspecified atom stereocenters. The number of rotatable bonds is 4. The van der Waals surface area contributed by atoms with Crippen LogP contribution in [-0.2, 0) is 11.2 Å². The van der Waals surface area contributed by atoms with Crippen LogP contribution >= 0.6 is 11.6 Å². The van der Waals surface area contributed by atoms with Crippen LogP contribution in [0.2, 0.25) is 5.02 Å². The molecule has 1 aromatic carbocycles. The summed E-state index contributed by atoms with van der Waals surface area (Å²) in [5.74, 6) is -0.380. The molecule has 0 atom stereocenters. The first-order valence-corrected chi connectivity index (χ1v) is 5.71. The topological polar surface area (TPSA) is 80.9 Å². The number of carbonyl (C=O) groups is 1. The number of benzene rings is 1. The molecular weight excluding hydrogens is 256 g/mol. The van der Waals surface area contributed by atoms with Crippen LogP contribution in [0.25, 0.3) is 5.69 Å². The number of carboxylic acid groups (broad SMARTS) is 1. The Balaban J connectivity index is 2.36. The molecule has 0 aliphatic carbocycles. The Labute approximate surface area is 108 Å². The van der Waals surface area contributed by atoms with E-state index in [1.54, 1.807) is 12.1 Å². The van der Waals surface area contributed by atoms with Crippen LogP contribution < -0.4 is 0 Å². The van der Waals surface area contributed by atoms with Gasteiger partial charge in [0.15, 0.2) is 5.82 Å². The minimum atomic E-state index is -0.882. The zero-order valence-corrected chi connectivity index (χ0v) is 10.4. The first kappa shape index (κ1) is 12.5. The quantitative estimate of drug-likeness (QED) is 0.910. The maximum Gasteiger partial charge on any atom is 0.303 e. The Kier molecular flexibility index (Phi) is 3.57. The minimum Gasteiger partial charge on any atom is -0.481 e. The highest BCUT2D eigenvalue weighted by molar-refractivity contribution is 6.30. The molecule has 0 saturated carbocycles. The highest BCUT2D eigenvalue weighted by Crippen LogP contribution is 2.19. The number of hydrogen-bond acceptors (Lipinski definition) is 4. The molecule has 0 aliphatic rings. The number of carboxylic acids is 1. The largest absolute Gasteiger partial charge is 0.481 e. The summed E-state index contributed by atoms with van der Waals surface area (Å²) < 4.78 is 1.52. The van der Waals surface area contributed by atoms with Gasteiger partial charge in [0.25, 0.3) is 0 Å². The first-order valence-electron chi connectivity index (χ1n) is 5.33. The minimum absolute atomic E-state index is 0.0139. The summed E-state index contributed by atoms with van der Waals surface area (Å²) in [4.78, 5) is 10.6. The predicted octanol–water partition coefficient (Wildman–Crippen LogP) is 1.64. The second-order valence-corrected chi connectivity index (χ2v) is 4.27. The normalized spacial score (nSPS) is 10.6. The third kappa shape index (κ3) is 2.65. The van der Waals surface area contributed by atoms with Crippen molar-refractivity contribution in [1.82, 2.24) is 20.2 Å². The Bertz CT molecular complexity index is 582. The van der Waals surface area contributed by atoms with Crippen molar-refractivity contribution in [1.29, 1.82) is 0 Å². The van der Waals surface area contributed by atoms with Crippen LogP contribution in [0, 0.1) is 6.92 Å². The molecule has 0 fully saturated rings. The Morgan fingerprint density at radius 2 is 2.28 bits per heavy atom. The van der Waals surface area contributed by atoms with Crippen molar-refractivity contribution in [3.8, 4) is 5.69 Å². The zero-order chi connectivity index (χ0) is 13.1. The van der Waals surface area contributed by atoms with Crippen molar-refractivity contribution in [3.63, 3.8) is 0 Å². The lowest BCUT2D eigenvalue weighted by Gasteiger charge is -2.07. The van der Waals surface area contributed by atoms with Crippen LogP contribution in [0.5, 0.6) is 0 Å². The van der Waals surface area contributed by atoms with Crippen molar-refractivity contribution in [2.24, 2.45) is 0 Å². The summed E-state index contributed by atoms with van der Waals surface area (Å²) in [7, 11) is 0. The molecule has 0 bridgehead atoms. The average molecular weight is 267 g/mol. The van der Waals surface area contributed by atoms with Gasteiger partial charge in [0.1, 0.15) is 0 Å². The molecule has 0 amide bonds. The van der Waals surface area contributed by atoms with E-state index in [-0.39, 0.29) is 12.8 Å². The van der Waals surface area contributed by atoms with Gasteiger partial charge >= 0.3 is 5.97 Å². The van der Waals surface area contributed by atoms with E-state index in [0.717, 1.165) is 11.3 Å². The first-order chi connectivity index (χ1) is 8.58. The lowest BCUT2D eigenvalue weighted by Crippen LogP contribution is -2.07. The summed E-state index contributed by atoms with van der Waals surface area (Å²) >= 11 is 5.94. The van der Waals surface area contributed by atoms with Gasteiger partial charge in [-0.15, -0.1) is 5.10 Å². The lowest BCUT2D eigenvalue weighted by molar-refractivity contribution is -0.137. The molecule has 1 N–H and O–H groups in total. The molecule has 2 rings (SSSR count). The van der Waals surface area contributed by atoms with Gasteiger partial charge < -0.3 is 5.11 Å². The van der Waals surface area contributed by atoms with E-state index in [4.69, 9.17) is 16.7 Å². The highest BCUT2D eigenvalue weighted by Gasteiger charge is 2.12. The molecule has 1 aromatic heterocycles. The standard InChI is InChI=1S/C11H11ClN4O2/c1-7-2-3-8(12)6-9(7)16-10(13-14-15-16)4-5-11(17)18/h2-3,6H,4-5H2,1H3,(H,17,18). The van der Waals surface area contributed by atoms with E-state index in [9.17, 15) is 4.79 Å². The maximum atomic E-state index is 10.6. The van der Waals surface area contributed by atoms with Gasteiger partial charge in [-0.05, 0) is 35.0 Å². The molecule has 1 heterocycles. The van der Waals surface area contributed by atoms with E-state index < -0.39 is 5.97 Å². The van der Waals surface area contributed by atoms with Crippen LogP contribution in [-0.4, -0.2) is 31.3 Å². The second-order valence-electron chi connectivity index (χ2n) is 3.83. The number of aliphatic carboxylic acids is 1. The van der Waals surface area contributed by atoms with Crippen LogP contribution in [0.3, 0.4) is 0 Å². The summed E-state index contributed by atoms with van der Waals surface area (Å²) in [6.45, 7) is 1.91. The van der Waals surface area contributed by atoms with Gasteiger partial charge in [0.2, 0.25) is 0 Å². The van der Waals surface area contributed by atoms with Crippen molar-refractivity contribution in [2.45, 2.75) is 19.8 Å². The van der Waals surface area contributed by atoms with Crippen molar-refractivity contribution >= 4 is 17.6 Å². The highest BCUT2D eigenvalue weighted by atomic mass is 35.5. The van der Waals surface area contributed by atoms with Crippen LogP contribution in [0.15, 0.2) is 18.2 Å². The number of halogens is 1. The fourth-order valence-electron chi connectivity index (χ4n) is 1.58. The Morgan fingerprint density at radius 3 is 3.00 bits per heavy atom. The lowest BCUT2D eigenvalue weighted by atomic mass is 10.2. The van der Waals surface area contributed by atoms with Crippen LogP contribution in [0.1, 0.15) is 17.8 Å². The number of tetrazole rings is 1. The molecule has 94 valence electrons. The fourth-order valence-corrected chi connectivity index (χ4v) is 1.74. The summed E-state index contributed by atoms with van der Waals surface area (Å²) in [6.07, 6.45) is 0.258. The average Bonchev–Trinajstić information content (AvgIpc) is 2.77. The molecule has 7 heteroatoms. The van der Waals surface area contributed by atoms with Crippen molar-refractivity contribution in [3.05, 3.63) is 34.6 Å². The summed E-state index contributed by atoms with van der Waals surface area (Å²) in [5, 5.41) is 20.5. The van der Waals surface area contributed by atoms with E-state index in [1.165, 1.54) is 4.68 Å². The van der Waals surface area contributed by atoms with Gasteiger partial charge in [0.05, 0.1) is 12.1 Å². The SMILES string of the molecule is Cc1ccc(Cl)cc1-n1nnnc1CCC(=O)O. The molecular formula is C11H11ClN4O2. The Hall–Kier alpha value is -1.95. The predicted molar refractivity (Wildman–Crippen MR) is 64.9 cm³/mol. The maximum absolute atomic E-state index is 10.6. The molecule has 2 aromatic rings. The molecule has 0 saturated heterocycles. The molecule has 18 heavy (non-hydrogen) atoms. The molecule has 0 radical (unpaired) electrons. The Morgan fingerprint density at radius 1 is 1.50 bits per heavy atom. The van der Waals surface area contributed by atoms with Crippen molar-refractivity contribution in [2.75, 3.05) is 0 Å². The van der Waals surface area contributed by atoms with E-state index in [2.05, 4.69) is 15.5 Å². The van der Waals surface area contributed by atoms with Gasteiger partial charge in [0, 0.05) is 11.4 Å². The third-order valence-corrected chi connectivity index (χ3v) is 2.73. The van der Waals surface area contributed by atoms with Gasteiger partial charge in [-0.2, -0.15) is 4.68 Å². The molecule has 0 spiro atoms. The van der Waals surface area contributed by atoms with Gasteiger partial charge in [-0.1, -0.05) is 17.7 Å². The smallest absolute Gasteiger partial charge is 0.303 e. The summed E-state index contributed by atoms with van der Waals surface area (Å²) in [6, 6.07) is 5.39. The molecule has 6 nitrogen and oxygen atoms in total. The number of hydrogen-bond donors (Lipinski definition) is 1. The van der Waals surface area contributed by atoms with E-state index in [0.29, 0.717) is 10.8 Å².